The minimum atomic E-state index is -0.826. The molecule has 1 aliphatic heterocycles. The van der Waals surface area contributed by atoms with E-state index in [-0.39, 0.29) is 23.7 Å². The molecule has 0 bridgehead atoms. The highest BCUT2D eigenvalue weighted by Gasteiger charge is 2.18. The lowest BCUT2D eigenvalue weighted by Gasteiger charge is -2.26. The van der Waals surface area contributed by atoms with E-state index in [4.69, 9.17) is 4.74 Å². The summed E-state index contributed by atoms with van der Waals surface area (Å²) < 4.78 is 35.4. The van der Waals surface area contributed by atoms with Crippen molar-refractivity contribution in [2.24, 2.45) is 0 Å². The van der Waals surface area contributed by atoms with E-state index in [0.29, 0.717) is 17.6 Å². The zero-order valence-electron chi connectivity index (χ0n) is 20.3. The highest BCUT2D eigenvalue weighted by Crippen LogP contribution is 2.30. The number of carbonyl (C=O) groups excluding carboxylic acids is 2. The molecule has 10 nitrogen and oxygen atoms in total. The van der Waals surface area contributed by atoms with Gasteiger partial charge in [0.15, 0.2) is 11.6 Å². The Kier molecular flexibility index (Phi) is 7.52. The molecule has 38 heavy (non-hydrogen) atoms. The summed E-state index contributed by atoms with van der Waals surface area (Å²) in [7, 11) is 0. The second kappa shape index (κ2) is 11.3. The van der Waals surface area contributed by atoms with Gasteiger partial charge in [-0.05, 0) is 41.5 Å². The third-order valence-corrected chi connectivity index (χ3v) is 6.03. The number of amides is 3. The molecule has 196 valence electrons. The molecule has 1 fully saturated rings. The second-order valence-corrected chi connectivity index (χ2v) is 8.78. The number of fused-ring (bicyclic) bond motifs is 1. The molecule has 0 unspecified atom stereocenters. The predicted molar refractivity (Wildman–Crippen MR) is 135 cm³/mol. The van der Waals surface area contributed by atoms with Crippen molar-refractivity contribution >= 4 is 23.1 Å². The van der Waals surface area contributed by atoms with E-state index in [1.54, 1.807) is 10.7 Å². The van der Waals surface area contributed by atoms with Crippen LogP contribution in [0.3, 0.4) is 0 Å². The quantitative estimate of drug-likeness (QED) is 0.343. The summed E-state index contributed by atoms with van der Waals surface area (Å²) in [5, 5.41) is 12.1. The Balaban J connectivity index is 1.24. The normalized spacial score (nSPS) is 13.8. The fourth-order valence-corrected chi connectivity index (χ4v) is 4.19. The minimum Gasteiger partial charge on any atom is -0.434 e. The molecular weight excluding hydrogens is 496 g/mol. The number of benzene rings is 2. The number of halogens is 2. The number of nitrogens with one attached hydrogen (secondary N) is 3. The number of piperazine rings is 1. The van der Waals surface area contributed by atoms with E-state index in [0.717, 1.165) is 37.8 Å². The van der Waals surface area contributed by atoms with Crippen LogP contribution in [0.1, 0.15) is 11.1 Å². The lowest BCUT2D eigenvalue weighted by atomic mass is 10.1. The maximum absolute atomic E-state index is 14.9. The van der Waals surface area contributed by atoms with Crippen molar-refractivity contribution in [3.63, 3.8) is 0 Å². The van der Waals surface area contributed by atoms with Gasteiger partial charge in [0.25, 0.3) is 0 Å². The molecule has 0 spiro atoms. The Morgan fingerprint density at radius 3 is 2.61 bits per heavy atom. The van der Waals surface area contributed by atoms with Gasteiger partial charge in [-0.1, -0.05) is 12.1 Å². The largest absolute Gasteiger partial charge is 0.434 e. The summed E-state index contributed by atoms with van der Waals surface area (Å²) in [6.45, 7) is 4.34. The van der Waals surface area contributed by atoms with Gasteiger partial charge < -0.3 is 15.4 Å². The van der Waals surface area contributed by atoms with Gasteiger partial charge in [-0.2, -0.15) is 10.1 Å². The number of hydrogen-bond donors (Lipinski definition) is 3. The summed E-state index contributed by atoms with van der Waals surface area (Å²) in [4.78, 5) is 30.8. The number of anilines is 1. The molecule has 5 rings (SSSR count). The monoisotopic (exact) mass is 521 g/mol. The van der Waals surface area contributed by atoms with Crippen LogP contribution in [0.4, 0.5) is 19.3 Å². The SMILES string of the molecule is O=C(Cc1ccc(F)cc1)NC(=O)Nc1ccc(Oc2ncnn3ccc(CN4CCNCC4)c23)c(F)c1. The summed E-state index contributed by atoms with van der Waals surface area (Å²) in [5.74, 6) is -1.62. The van der Waals surface area contributed by atoms with Gasteiger partial charge in [0, 0.05) is 50.7 Å². The third kappa shape index (κ3) is 6.10. The van der Waals surface area contributed by atoms with Crippen LogP contribution in [-0.4, -0.2) is 57.6 Å². The van der Waals surface area contributed by atoms with Crippen LogP contribution in [0, 0.1) is 11.6 Å². The smallest absolute Gasteiger partial charge is 0.325 e. The molecule has 0 radical (unpaired) electrons. The van der Waals surface area contributed by atoms with Gasteiger partial charge in [-0.3, -0.25) is 15.0 Å². The molecule has 1 aliphatic rings. The van der Waals surface area contributed by atoms with E-state index in [9.17, 15) is 18.4 Å². The van der Waals surface area contributed by atoms with Crippen molar-refractivity contribution in [3.05, 3.63) is 83.8 Å². The first-order chi connectivity index (χ1) is 18.4. The van der Waals surface area contributed by atoms with Gasteiger partial charge in [-0.15, -0.1) is 0 Å². The van der Waals surface area contributed by atoms with Gasteiger partial charge in [-0.25, -0.2) is 18.1 Å². The number of rotatable bonds is 7. The number of urea groups is 1. The summed E-state index contributed by atoms with van der Waals surface area (Å²) >= 11 is 0. The zero-order chi connectivity index (χ0) is 26.5. The van der Waals surface area contributed by atoms with Crippen molar-refractivity contribution < 1.29 is 23.1 Å². The number of ether oxygens (including phenoxy) is 1. The Bertz CT molecular complexity index is 1450. The Labute approximate surface area is 216 Å². The summed E-state index contributed by atoms with van der Waals surface area (Å²) in [6.07, 6.45) is 3.03. The molecular formula is C26H25F2N7O3. The van der Waals surface area contributed by atoms with Crippen LogP contribution in [0.5, 0.6) is 11.6 Å². The molecule has 2 aromatic heterocycles. The highest BCUT2D eigenvalue weighted by molar-refractivity contribution is 6.01. The maximum Gasteiger partial charge on any atom is 0.325 e. The van der Waals surface area contributed by atoms with E-state index in [1.807, 2.05) is 6.07 Å². The minimum absolute atomic E-state index is 0.0849. The molecule has 0 saturated carbocycles. The van der Waals surface area contributed by atoms with Crippen LogP contribution in [0.25, 0.3) is 5.52 Å². The average Bonchev–Trinajstić information content (AvgIpc) is 3.31. The van der Waals surface area contributed by atoms with Crippen molar-refractivity contribution in [3.8, 4) is 11.6 Å². The maximum atomic E-state index is 14.9. The fraction of sp³-hybridized carbons (Fsp3) is 0.231. The van der Waals surface area contributed by atoms with Crippen LogP contribution in [0.2, 0.25) is 0 Å². The number of hydrogen-bond acceptors (Lipinski definition) is 7. The average molecular weight is 522 g/mol. The molecule has 3 amide bonds. The number of imide groups is 1. The first kappa shape index (κ1) is 25.2. The Morgan fingerprint density at radius 1 is 1.05 bits per heavy atom. The van der Waals surface area contributed by atoms with Crippen LogP contribution >= 0.6 is 0 Å². The lowest BCUT2D eigenvalue weighted by molar-refractivity contribution is -0.119. The van der Waals surface area contributed by atoms with Gasteiger partial charge in [0.2, 0.25) is 11.8 Å². The summed E-state index contributed by atoms with van der Waals surface area (Å²) in [5.41, 5.74) is 2.27. The van der Waals surface area contributed by atoms with Crippen molar-refractivity contribution in [2.45, 2.75) is 13.0 Å². The molecule has 12 heteroatoms. The van der Waals surface area contributed by atoms with Gasteiger partial charge in [0.1, 0.15) is 17.7 Å². The first-order valence-electron chi connectivity index (χ1n) is 12.0. The lowest BCUT2D eigenvalue weighted by Crippen LogP contribution is -2.42. The second-order valence-electron chi connectivity index (χ2n) is 8.78. The van der Waals surface area contributed by atoms with E-state index >= 15 is 0 Å². The Hall–Kier alpha value is -4.42. The highest BCUT2D eigenvalue weighted by atomic mass is 19.1. The molecule has 3 heterocycles. The van der Waals surface area contributed by atoms with Crippen LogP contribution in [-0.2, 0) is 17.8 Å². The number of carbonyl (C=O) groups is 2. The van der Waals surface area contributed by atoms with E-state index in [2.05, 4.69) is 30.9 Å². The predicted octanol–water partition coefficient (Wildman–Crippen LogP) is 3.10. The number of nitrogens with zero attached hydrogens (tertiary/aromatic N) is 4. The molecule has 0 atom stereocenters. The Morgan fingerprint density at radius 2 is 1.84 bits per heavy atom. The van der Waals surface area contributed by atoms with Crippen LogP contribution in [0.15, 0.2) is 61.1 Å². The standard InChI is InChI=1S/C26H25F2N7O3/c27-19-3-1-17(2-4-19)13-23(36)33-26(37)32-20-5-6-22(21(28)14-20)38-25-24-18(7-10-35(24)31-16-30-25)15-34-11-8-29-9-12-34/h1-7,10,14,16,29H,8-9,11-13,15H2,(H2,32,33,36,37). The number of aromatic nitrogens is 3. The van der Waals surface area contributed by atoms with Crippen LogP contribution < -0.4 is 20.7 Å². The molecule has 2 aromatic carbocycles. The van der Waals surface area contributed by atoms with Gasteiger partial charge >= 0.3 is 6.03 Å². The molecule has 1 saturated heterocycles. The molecule has 4 aromatic rings. The van der Waals surface area contributed by atoms with E-state index in [1.165, 1.54) is 42.7 Å². The third-order valence-electron chi connectivity index (χ3n) is 6.03. The first-order valence-corrected chi connectivity index (χ1v) is 12.0. The molecule has 0 aliphatic carbocycles. The fourth-order valence-electron chi connectivity index (χ4n) is 4.19. The van der Waals surface area contributed by atoms with E-state index < -0.39 is 23.6 Å². The van der Waals surface area contributed by atoms with Crippen molar-refractivity contribution in [2.75, 3.05) is 31.5 Å². The van der Waals surface area contributed by atoms with Crippen molar-refractivity contribution in [1.29, 1.82) is 0 Å². The van der Waals surface area contributed by atoms with Crippen molar-refractivity contribution in [1.82, 2.24) is 30.1 Å². The molecule has 3 N–H and O–H groups in total. The topological polar surface area (TPSA) is 113 Å². The van der Waals surface area contributed by atoms with Gasteiger partial charge in [0.05, 0.1) is 6.42 Å². The zero-order valence-corrected chi connectivity index (χ0v) is 20.3. The summed E-state index contributed by atoms with van der Waals surface area (Å²) in [6, 6.07) is 10.4.